The van der Waals surface area contributed by atoms with Gasteiger partial charge in [0.05, 0.1) is 13.2 Å². The van der Waals surface area contributed by atoms with Crippen molar-refractivity contribution < 1.29 is 9.84 Å². The topological polar surface area (TPSA) is 57.6 Å². The average molecular weight is 319 g/mol. The molecule has 1 unspecified atom stereocenters. The van der Waals surface area contributed by atoms with Crippen LogP contribution in [-0.2, 0) is 6.54 Å². The van der Waals surface area contributed by atoms with Crippen molar-refractivity contribution >= 4 is 0 Å². The van der Waals surface area contributed by atoms with E-state index in [4.69, 9.17) is 4.74 Å². The van der Waals surface area contributed by atoms with Crippen LogP contribution in [0.3, 0.4) is 0 Å². The maximum absolute atomic E-state index is 9.80. The van der Waals surface area contributed by atoms with E-state index in [1.165, 1.54) is 24.8 Å². The summed E-state index contributed by atoms with van der Waals surface area (Å²) in [6.45, 7) is 6.77. The lowest BCUT2D eigenvalue weighted by Gasteiger charge is -2.30. The molecule has 0 radical (unpaired) electrons. The first-order chi connectivity index (χ1) is 11.1. The fraction of sp³-hybridized carbons (Fsp3) is 0.722. The van der Waals surface area contributed by atoms with Crippen LogP contribution in [0.5, 0.6) is 5.88 Å². The summed E-state index contributed by atoms with van der Waals surface area (Å²) in [6.07, 6.45) is 4.47. The number of rotatable bonds is 5. The Morgan fingerprint density at radius 2 is 2.17 bits per heavy atom. The molecule has 1 saturated heterocycles. The van der Waals surface area contributed by atoms with Gasteiger partial charge in [-0.25, -0.2) is 4.98 Å². The number of hydrogen-bond donors (Lipinski definition) is 2. The smallest absolute Gasteiger partial charge is 0.218 e. The molecule has 3 atom stereocenters. The summed E-state index contributed by atoms with van der Waals surface area (Å²) in [5, 5.41) is 13.5. The highest BCUT2D eigenvalue weighted by Gasteiger charge is 2.35. The van der Waals surface area contributed by atoms with Gasteiger partial charge >= 0.3 is 0 Å². The molecular formula is C18H29N3O2. The summed E-state index contributed by atoms with van der Waals surface area (Å²) >= 11 is 0. The Bertz CT molecular complexity index is 549. The summed E-state index contributed by atoms with van der Waals surface area (Å²) in [5.74, 6) is 0.737. The quantitative estimate of drug-likeness (QED) is 0.866. The number of ether oxygens (including phenoxy) is 1. The molecule has 2 fully saturated rings. The number of hydrogen-bond acceptors (Lipinski definition) is 5. The number of likely N-dealkylation sites (tertiary alicyclic amines) is 1. The van der Waals surface area contributed by atoms with Crippen molar-refractivity contribution in [3.63, 3.8) is 0 Å². The number of nitrogens with one attached hydrogen (secondary N) is 1. The minimum absolute atomic E-state index is 0.139. The Hall–Kier alpha value is -1.17. The van der Waals surface area contributed by atoms with Gasteiger partial charge in [0.25, 0.3) is 0 Å². The van der Waals surface area contributed by atoms with Crippen molar-refractivity contribution in [2.45, 2.75) is 64.3 Å². The monoisotopic (exact) mass is 319 g/mol. The minimum atomic E-state index is -0.139. The first-order valence-corrected chi connectivity index (χ1v) is 8.75. The molecule has 5 heteroatoms. The fourth-order valence-electron chi connectivity index (χ4n) is 4.13. The molecule has 23 heavy (non-hydrogen) atoms. The van der Waals surface area contributed by atoms with E-state index in [1.807, 2.05) is 6.92 Å². The zero-order valence-electron chi connectivity index (χ0n) is 14.5. The van der Waals surface area contributed by atoms with Crippen LogP contribution >= 0.6 is 0 Å². The van der Waals surface area contributed by atoms with Crippen LogP contribution < -0.4 is 10.1 Å². The second-order valence-electron chi connectivity index (χ2n) is 6.99. The van der Waals surface area contributed by atoms with E-state index in [2.05, 4.69) is 28.2 Å². The minimum Gasteiger partial charge on any atom is -0.481 e. The highest BCUT2D eigenvalue weighted by Crippen LogP contribution is 2.28. The summed E-state index contributed by atoms with van der Waals surface area (Å²) in [5.41, 5.74) is 3.38. The predicted octanol–water partition coefficient (Wildman–Crippen LogP) is 1.78. The average Bonchev–Trinajstić information content (AvgIpc) is 3.14. The summed E-state index contributed by atoms with van der Waals surface area (Å²) in [7, 11) is 1.69. The van der Waals surface area contributed by atoms with Crippen LogP contribution in [0.4, 0.5) is 0 Å². The highest BCUT2D eigenvalue weighted by molar-refractivity contribution is 5.35. The molecule has 1 aliphatic heterocycles. The Morgan fingerprint density at radius 3 is 2.87 bits per heavy atom. The van der Waals surface area contributed by atoms with Crippen molar-refractivity contribution in [2.24, 2.45) is 0 Å². The van der Waals surface area contributed by atoms with Crippen LogP contribution in [0.2, 0.25) is 0 Å². The van der Waals surface area contributed by atoms with Crippen LogP contribution in [0.15, 0.2) is 6.07 Å². The van der Waals surface area contributed by atoms with E-state index >= 15 is 0 Å². The van der Waals surface area contributed by atoms with Gasteiger partial charge in [0, 0.05) is 43.0 Å². The maximum Gasteiger partial charge on any atom is 0.218 e. The van der Waals surface area contributed by atoms with E-state index in [1.54, 1.807) is 7.11 Å². The number of methoxy groups -OCH3 is 1. The van der Waals surface area contributed by atoms with E-state index < -0.39 is 0 Å². The zero-order chi connectivity index (χ0) is 16.4. The van der Waals surface area contributed by atoms with E-state index in [0.29, 0.717) is 12.1 Å². The summed E-state index contributed by atoms with van der Waals surface area (Å²) in [4.78, 5) is 6.96. The van der Waals surface area contributed by atoms with Gasteiger partial charge in [0.1, 0.15) is 0 Å². The molecule has 1 aliphatic carbocycles. The molecule has 3 rings (SSSR count). The molecule has 1 aromatic heterocycles. The predicted molar refractivity (Wildman–Crippen MR) is 90.7 cm³/mol. The molecule has 2 N–H and O–H groups in total. The number of pyridine rings is 1. The Balaban J connectivity index is 1.66. The van der Waals surface area contributed by atoms with Gasteiger partial charge < -0.3 is 15.2 Å². The number of β-amino-alcohol motifs (C(OH)–C–C–N with tert-alkyl or cyclic N) is 1. The standard InChI is InChI=1S/C18H29N3O2/c1-12-9-13(2)20-18(23-3)15(12)10-19-16-5-4-6-17(16)21-8-7-14(22)11-21/h9,14,16-17,19,22H,4-8,10-11H2,1-3H3/t14?,16-,17+/m1/s1. The van der Waals surface area contributed by atoms with Crippen LogP contribution in [0.1, 0.15) is 42.5 Å². The number of aliphatic hydroxyl groups is 1. The third kappa shape index (κ3) is 3.67. The molecule has 1 aromatic rings. The maximum atomic E-state index is 9.80. The lowest BCUT2D eigenvalue weighted by molar-refractivity contribution is 0.150. The van der Waals surface area contributed by atoms with Gasteiger partial charge in [-0.1, -0.05) is 6.42 Å². The number of aromatic nitrogens is 1. The lowest BCUT2D eigenvalue weighted by atomic mass is 10.1. The number of nitrogens with zero attached hydrogens (tertiary/aromatic N) is 2. The van der Waals surface area contributed by atoms with Crippen molar-refractivity contribution in [2.75, 3.05) is 20.2 Å². The third-order valence-corrected chi connectivity index (χ3v) is 5.32. The van der Waals surface area contributed by atoms with E-state index in [0.717, 1.165) is 43.2 Å². The zero-order valence-corrected chi connectivity index (χ0v) is 14.5. The van der Waals surface area contributed by atoms with E-state index in [-0.39, 0.29) is 6.10 Å². The molecule has 128 valence electrons. The summed E-state index contributed by atoms with van der Waals surface area (Å²) in [6, 6.07) is 3.16. The first kappa shape index (κ1) is 16.7. The van der Waals surface area contributed by atoms with Crippen LogP contribution in [-0.4, -0.2) is 53.4 Å². The van der Waals surface area contributed by atoms with Crippen LogP contribution in [0.25, 0.3) is 0 Å². The Labute approximate surface area is 139 Å². The molecule has 2 aliphatic rings. The summed E-state index contributed by atoms with van der Waals surface area (Å²) < 4.78 is 5.47. The molecule has 0 bridgehead atoms. The third-order valence-electron chi connectivity index (χ3n) is 5.32. The van der Waals surface area contributed by atoms with Gasteiger partial charge in [0.15, 0.2) is 0 Å². The SMILES string of the molecule is COc1nc(C)cc(C)c1CN[C@@H]1CCC[C@@H]1N1CCC(O)C1. The molecule has 0 aromatic carbocycles. The normalized spacial score (nSPS) is 28.4. The van der Waals surface area contributed by atoms with Crippen molar-refractivity contribution in [1.82, 2.24) is 15.2 Å². The number of aryl methyl sites for hydroxylation is 2. The molecular weight excluding hydrogens is 290 g/mol. The van der Waals surface area contributed by atoms with Gasteiger partial charge in [-0.15, -0.1) is 0 Å². The molecule has 1 saturated carbocycles. The molecule has 5 nitrogen and oxygen atoms in total. The van der Waals surface area contributed by atoms with Gasteiger partial charge in [-0.2, -0.15) is 0 Å². The van der Waals surface area contributed by atoms with Gasteiger partial charge in [-0.05, 0) is 44.7 Å². The Morgan fingerprint density at radius 1 is 1.35 bits per heavy atom. The number of aliphatic hydroxyl groups excluding tert-OH is 1. The first-order valence-electron chi connectivity index (χ1n) is 8.75. The fourth-order valence-corrected chi connectivity index (χ4v) is 4.13. The van der Waals surface area contributed by atoms with Gasteiger partial charge in [-0.3, -0.25) is 4.90 Å². The highest BCUT2D eigenvalue weighted by atomic mass is 16.5. The molecule has 2 heterocycles. The van der Waals surface area contributed by atoms with Crippen molar-refractivity contribution in [1.29, 1.82) is 0 Å². The molecule has 0 spiro atoms. The Kier molecular flexibility index (Phi) is 5.19. The second kappa shape index (κ2) is 7.16. The second-order valence-corrected chi connectivity index (χ2v) is 6.99. The van der Waals surface area contributed by atoms with Gasteiger partial charge in [0.2, 0.25) is 5.88 Å². The molecule has 0 amide bonds. The lowest BCUT2D eigenvalue weighted by Crippen LogP contribution is -2.46. The van der Waals surface area contributed by atoms with Crippen LogP contribution in [0, 0.1) is 13.8 Å². The van der Waals surface area contributed by atoms with Crippen molar-refractivity contribution in [3.05, 3.63) is 22.9 Å². The largest absolute Gasteiger partial charge is 0.481 e. The van der Waals surface area contributed by atoms with E-state index in [9.17, 15) is 5.11 Å². The van der Waals surface area contributed by atoms with Crippen molar-refractivity contribution in [3.8, 4) is 5.88 Å².